The summed E-state index contributed by atoms with van der Waals surface area (Å²) in [6.45, 7) is 1.84. The van der Waals surface area contributed by atoms with Crippen LogP contribution in [0.1, 0.15) is 5.56 Å². The Balaban J connectivity index is 2.06. The molecule has 0 saturated carbocycles. The van der Waals surface area contributed by atoms with Crippen LogP contribution in [0.25, 0.3) is 0 Å². The molecule has 20 heavy (non-hydrogen) atoms. The number of aryl methyl sites for hydroxylation is 1. The molecule has 8 heteroatoms. The van der Waals surface area contributed by atoms with Crippen molar-refractivity contribution in [3.63, 3.8) is 0 Å². The third-order valence-corrected chi connectivity index (χ3v) is 2.53. The minimum atomic E-state index is -0.627. The molecule has 0 unspecified atom stereocenters. The molecule has 0 saturated heterocycles. The molecule has 1 aromatic carbocycles. The number of aromatic hydroxyl groups is 1. The molecule has 2 aromatic rings. The maximum absolute atomic E-state index is 11.7. The van der Waals surface area contributed by atoms with E-state index in [0.29, 0.717) is 0 Å². The monoisotopic (exact) mass is 276 g/mol. The second-order valence-corrected chi connectivity index (χ2v) is 4.22. The van der Waals surface area contributed by atoms with Gasteiger partial charge in [0.1, 0.15) is 12.3 Å². The first-order valence-electron chi connectivity index (χ1n) is 5.72. The summed E-state index contributed by atoms with van der Waals surface area (Å²) in [7, 11) is 0. The van der Waals surface area contributed by atoms with Crippen molar-refractivity contribution in [3.8, 4) is 5.75 Å². The number of carbonyl (C=O) groups excluding carboxylic acids is 1. The van der Waals surface area contributed by atoms with Crippen molar-refractivity contribution in [2.75, 3.05) is 5.32 Å². The molecule has 1 amide bonds. The van der Waals surface area contributed by atoms with Crippen LogP contribution >= 0.6 is 0 Å². The lowest BCUT2D eigenvalue weighted by atomic mass is 10.2. The molecule has 0 aliphatic carbocycles. The fraction of sp³-hybridized carbons (Fsp3) is 0.167. The summed E-state index contributed by atoms with van der Waals surface area (Å²) in [5, 5.41) is 26.6. The molecule has 0 spiro atoms. The summed E-state index contributed by atoms with van der Waals surface area (Å²) in [5.74, 6) is -0.749. The van der Waals surface area contributed by atoms with E-state index in [1.165, 1.54) is 16.8 Å². The molecular formula is C12H12N4O4. The Kier molecular flexibility index (Phi) is 3.65. The lowest BCUT2D eigenvalue weighted by molar-refractivity contribution is -0.384. The van der Waals surface area contributed by atoms with Gasteiger partial charge in [0.2, 0.25) is 5.91 Å². The number of aromatic nitrogens is 2. The molecule has 0 aliphatic heterocycles. The zero-order valence-electron chi connectivity index (χ0n) is 10.6. The first-order valence-corrected chi connectivity index (χ1v) is 5.72. The fourth-order valence-electron chi connectivity index (χ4n) is 1.63. The predicted molar refractivity (Wildman–Crippen MR) is 70.4 cm³/mol. The minimum Gasteiger partial charge on any atom is -0.506 e. The van der Waals surface area contributed by atoms with Crippen molar-refractivity contribution in [1.82, 2.24) is 9.78 Å². The van der Waals surface area contributed by atoms with Gasteiger partial charge in [-0.15, -0.1) is 0 Å². The largest absolute Gasteiger partial charge is 0.506 e. The number of nitro groups is 1. The highest BCUT2D eigenvalue weighted by atomic mass is 16.6. The van der Waals surface area contributed by atoms with Crippen LogP contribution in [-0.4, -0.2) is 25.7 Å². The third-order valence-electron chi connectivity index (χ3n) is 2.53. The average Bonchev–Trinajstić information content (AvgIpc) is 2.77. The van der Waals surface area contributed by atoms with Crippen LogP contribution in [0, 0.1) is 17.0 Å². The van der Waals surface area contributed by atoms with Crippen LogP contribution < -0.4 is 5.32 Å². The standard InChI is InChI=1S/C12H12N4O4/c1-8-5-13-15(6-8)7-12(18)14-10-3-2-9(16(19)20)4-11(10)17/h2-6,17H,7H2,1H3,(H,14,18). The molecular weight excluding hydrogens is 264 g/mol. The van der Waals surface area contributed by atoms with E-state index in [4.69, 9.17) is 0 Å². The Morgan fingerprint density at radius 2 is 2.30 bits per heavy atom. The number of nitrogens with one attached hydrogen (secondary N) is 1. The van der Waals surface area contributed by atoms with E-state index >= 15 is 0 Å². The Hall–Kier alpha value is -2.90. The molecule has 8 nitrogen and oxygen atoms in total. The number of nitrogens with zero attached hydrogens (tertiary/aromatic N) is 3. The summed E-state index contributed by atoms with van der Waals surface area (Å²) in [6, 6.07) is 3.46. The molecule has 0 fully saturated rings. The number of hydrogen-bond donors (Lipinski definition) is 2. The lowest BCUT2D eigenvalue weighted by Crippen LogP contribution is -2.19. The first kappa shape index (κ1) is 13.5. The summed E-state index contributed by atoms with van der Waals surface area (Å²) in [6.07, 6.45) is 3.33. The highest BCUT2D eigenvalue weighted by Gasteiger charge is 2.12. The Bertz CT molecular complexity index is 665. The van der Waals surface area contributed by atoms with Gasteiger partial charge in [0, 0.05) is 12.3 Å². The van der Waals surface area contributed by atoms with E-state index in [9.17, 15) is 20.0 Å². The zero-order valence-corrected chi connectivity index (χ0v) is 10.6. The van der Waals surface area contributed by atoms with Gasteiger partial charge in [0.25, 0.3) is 5.69 Å². The van der Waals surface area contributed by atoms with E-state index < -0.39 is 10.8 Å². The number of non-ortho nitro benzene ring substituents is 1. The van der Waals surface area contributed by atoms with E-state index in [2.05, 4.69) is 10.4 Å². The van der Waals surface area contributed by atoms with Crippen molar-refractivity contribution in [1.29, 1.82) is 0 Å². The summed E-state index contributed by atoms with van der Waals surface area (Å²) in [5.41, 5.74) is 0.795. The van der Waals surface area contributed by atoms with Gasteiger partial charge in [-0.05, 0) is 18.6 Å². The van der Waals surface area contributed by atoms with Crippen molar-refractivity contribution >= 4 is 17.3 Å². The highest BCUT2D eigenvalue weighted by molar-refractivity contribution is 5.92. The van der Waals surface area contributed by atoms with E-state index in [-0.39, 0.29) is 23.7 Å². The van der Waals surface area contributed by atoms with Gasteiger partial charge < -0.3 is 10.4 Å². The normalized spacial score (nSPS) is 10.2. The van der Waals surface area contributed by atoms with Crippen LogP contribution in [-0.2, 0) is 11.3 Å². The van der Waals surface area contributed by atoms with Gasteiger partial charge in [-0.25, -0.2) is 0 Å². The number of rotatable bonds is 4. The first-order chi connectivity index (χ1) is 9.45. The molecule has 0 atom stereocenters. The van der Waals surface area contributed by atoms with Gasteiger partial charge in [0.15, 0.2) is 0 Å². The van der Waals surface area contributed by atoms with Crippen LogP contribution in [0.3, 0.4) is 0 Å². The van der Waals surface area contributed by atoms with Gasteiger partial charge in [-0.2, -0.15) is 5.10 Å². The summed E-state index contributed by atoms with van der Waals surface area (Å²) in [4.78, 5) is 21.6. The van der Waals surface area contributed by atoms with Gasteiger partial charge in [-0.1, -0.05) is 0 Å². The molecule has 0 bridgehead atoms. The molecule has 104 valence electrons. The molecule has 1 aromatic heterocycles. The maximum atomic E-state index is 11.7. The maximum Gasteiger partial charge on any atom is 0.273 e. The third kappa shape index (κ3) is 3.10. The van der Waals surface area contributed by atoms with E-state index in [1.807, 2.05) is 6.92 Å². The second-order valence-electron chi connectivity index (χ2n) is 4.22. The van der Waals surface area contributed by atoms with Crippen molar-refractivity contribution < 1.29 is 14.8 Å². The summed E-state index contributed by atoms with van der Waals surface area (Å²) >= 11 is 0. The fourth-order valence-corrected chi connectivity index (χ4v) is 1.63. The molecule has 2 N–H and O–H groups in total. The number of benzene rings is 1. The predicted octanol–water partition coefficient (Wildman–Crippen LogP) is 1.44. The second kappa shape index (κ2) is 5.39. The highest BCUT2D eigenvalue weighted by Crippen LogP contribution is 2.27. The van der Waals surface area contributed by atoms with Gasteiger partial charge in [-0.3, -0.25) is 19.6 Å². The van der Waals surface area contributed by atoms with Gasteiger partial charge in [0.05, 0.1) is 22.9 Å². The number of hydrogen-bond acceptors (Lipinski definition) is 5. The number of carbonyl (C=O) groups is 1. The van der Waals surface area contributed by atoms with Crippen LogP contribution in [0.4, 0.5) is 11.4 Å². The number of anilines is 1. The minimum absolute atomic E-state index is 0.00966. The molecule has 1 heterocycles. The van der Waals surface area contributed by atoms with Gasteiger partial charge >= 0.3 is 0 Å². The Labute approximate surface area is 113 Å². The molecule has 0 aliphatic rings. The molecule has 2 rings (SSSR count). The van der Waals surface area contributed by atoms with E-state index in [0.717, 1.165) is 11.6 Å². The van der Waals surface area contributed by atoms with Crippen LogP contribution in [0.2, 0.25) is 0 Å². The number of phenols is 1. The average molecular weight is 276 g/mol. The van der Waals surface area contributed by atoms with E-state index in [1.54, 1.807) is 12.4 Å². The zero-order chi connectivity index (χ0) is 14.7. The number of amides is 1. The Morgan fingerprint density at radius 3 is 2.85 bits per heavy atom. The smallest absolute Gasteiger partial charge is 0.273 e. The number of phenolic OH excluding ortho intramolecular Hbond substituents is 1. The quantitative estimate of drug-likeness (QED) is 0.498. The Morgan fingerprint density at radius 1 is 1.55 bits per heavy atom. The van der Waals surface area contributed by atoms with Crippen LogP contribution in [0.5, 0.6) is 5.75 Å². The van der Waals surface area contributed by atoms with Crippen molar-refractivity contribution in [2.45, 2.75) is 13.5 Å². The van der Waals surface area contributed by atoms with Crippen molar-refractivity contribution in [2.24, 2.45) is 0 Å². The molecule has 0 radical (unpaired) electrons. The number of nitro benzene ring substituents is 1. The van der Waals surface area contributed by atoms with Crippen LogP contribution in [0.15, 0.2) is 30.6 Å². The lowest BCUT2D eigenvalue weighted by Gasteiger charge is -2.07. The van der Waals surface area contributed by atoms with Crippen molar-refractivity contribution in [3.05, 3.63) is 46.3 Å². The topological polar surface area (TPSA) is 110 Å². The SMILES string of the molecule is Cc1cnn(CC(=O)Nc2ccc([N+](=O)[O-])cc2O)c1. The summed E-state index contributed by atoms with van der Waals surface area (Å²) < 4.78 is 1.45.